The van der Waals surface area contributed by atoms with Crippen LogP contribution in [0.15, 0.2) is 77.7 Å². The fourth-order valence-electron chi connectivity index (χ4n) is 4.48. The topological polar surface area (TPSA) is 88.2 Å². The molecule has 0 radical (unpaired) electrons. The first-order valence-corrected chi connectivity index (χ1v) is 13.6. The summed E-state index contributed by atoms with van der Waals surface area (Å²) in [6.07, 6.45) is 2.07. The van der Waals surface area contributed by atoms with Gasteiger partial charge in [0, 0.05) is 21.7 Å². The minimum atomic E-state index is -3.82. The Morgan fingerprint density at radius 2 is 1.71 bits per heavy atom. The molecule has 0 saturated heterocycles. The van der Waals surface area contributed by atoms with Crippen molar-refractivity contribution in [3.05, 3.63) is 94.5 Å². The van der Waals surface area contributed by atoms with Gasteiger partial charge in [-0.1, -0.05) is 47.2 Å². The number of nitrogens with zero attached hydrogens (tertiary/aromatic N) is 1. The van der Waals surface area contributed by atoms with E-state index in [1.165, 1.54) is 58.2 Å². The Morgan fingerprint density at radius 3 is 2.54 bits per heavy atom. The zero-order chi connectivity index (χ0) is 24.2. The lowest BCUT2D eigenvalue weighted by molar-refractivity contribution is 0.102. The molecule has 0 saturated carbocycles. The first-order valence-electron chi connectivity index (χ1n) is 10.9. The fraction of sp³-hybridized carbons (Fsp3) is 0.0769. The molecular weight excluding hydrogens is 502 g/mol. The monoisotopic (exact) mass is 519 g/mol. The highest BCUT2D eigenvalue weighted by molar-refractivity contribution is 7.92. The average Bonchev–Trinajstić information content (AvgIpc) is 3.44. The number of sulfonamides is 1. The average molecular weight is 520 g/mol. The van der Waals surface area contributed by atoms with Crippen LogP contribution in [0, 0.1) is 0 Å². The quantitative estimate of drug-likeness (QED) is 0.287. The van der Waals surface area contributed by atoms with Crippen molar-refractivity contribution in [2.45, 2.75) is 17.7 Å². The minimum absolute atomic E-state index is 0.0779. The highest BCUT2D eigenvalue weighted by Crippen LogP contribution is 2.39. The summed E-state index contributed by atoms with van der Waals surface area (Å²) in [7, 11) is -3.82. The van der Waals surface area contributed by atoms with Gasteiger partial charge in [0.1, 0.15) is 0 Å². The third-order valence-corrected chi connectivity index (χ3v) is 8.64. The van der Waals surface area contributed by atoms with Gasteiger partial charge in [0.2, 0.25) is 0 Å². The highest BCUT2D eigenvalue weighted by Gasteiger charge is 2.20. The number of aryl methyl sites for hydroxylation is 2. The molecule has 6 rings (SSSR count). The number of amides is 1. The summed E-state index contributed by atoms with van der Waals surface area (Å²) in [4.78, 5) is 17.8. The van der Waals surface area contributed by atoms with Gasteiger partial charge < -0.3 is 0 Å². The number of fused-ring (bicyclic) bond motifs is 2. The number of benzene rings is 4. The van der Waals surface area contributed by atoms with Crippen molar-refractivity contribution in [2.75, 3.05) is 10.0 Å². The Morgan fingerprint density at radius 1 is 0.943 bits per heavy atom. The molecule has 5 aromatic rings. The van der Waals surface area contributed by atoms with Gasteiger partial charge in [-0.15, -0.1) is 0 Å². The predicted octanol–water partition coefficient (Wildman–Crippen LogP) is 6.25. The maximum absolute atomic E-state index is 13.0. The minimum Gasteiger partial charge on any atom is -0.298 e. The molecule has 1 amide bonds. The van der Waals surface area contributed by atoms with Gasteiger partial charge in [-0.2, -0.15) is 0 Å². The SMILES string of the molecule is O=C(Nc1nc2c(cc3c4c(cccc42)CC3)s1)c1cccc(NS(=O)(=O)c2ccc(Cl)cc2)c1. The number of rotatable bonds is 5. The van der Waals surface area contributed by atoms with Crippen molar-refractivity contribution in [1.29, 1.82) is 0 Å². The van der Waals surface area contributed by atoms with E-state index in [1.807, 2.05) is 0 Å². The van der Waals surface area contributed by atoms with Crippen molar-refractivity contribution >= 4 is 70.7 Å². The molecule has 9 heteroatoms. The number of carbonyl (C=O) groups is 1. The van der Waals surface area contributed by atoms with E-state index in [2.05, 4.69) is 34.3 Å². The zero-order valence-corrected chi connectivity index (χ0v) is 20.6. The summed E-state index contributed by atoms with van der Waals surface area (Å²) < 4.78 is 28.9. The first-order chi connectivity index (χ1) is 16.9. The van der Waals surface area contributed by atoms with E-state index in [0.29, 0.717) is 15.7 Å². The van der Waals surface area contributed by atoms with Crippen LogP contribution in [0.3, 0.4) is 0 Å². The van der Waals surface area contributed by atoms with Crippen molar-refractivity contribution in [3.8, 4) is 0 Å². The lowest BCUT2D eigenvalue weighted by Gasteiger charge is -2.09. The molecule has 1 heterocycles. The number of aromatic nitrogens is 1. The molecule has 174 valence electrons. The molecule has 1 aliphatic rings. The normalized spacial score (nSPS) is 12.8. The van der Waals surface area contributed by atoms with Crippen LogP contribution in [0.25, 0.3) is 21.0 Å². The predicted molar refractivity (Wildman–Crippen MR) is 141 cm³/mol. The van der Waals surface area contributed by atoms with Gasteiger partial charge in [0.15, 0.2) is 5.13 Å². The van der Waals surface area contributed by atoms with E-state index in [4.69, 9.17) is 16.6 Å². The Bertz CT molecular complexity index is 1750. The van der Waals surface area contributed by atoms with Gasteiger partial charge >= 0.3 is 0 Å². The van der Waals surface area contributed by atoms with Crippen molar-refractivity contribution in [1.82, 2.24) is 4.98 Å². The lowest BCUT2D eigenvalue weighted by atomic mass is 10.0. The zero-order valence-electron chi connectivity index (χ0n) is 18.2. The number of halogens is 1. The molecule has 0 bridgehead atoms. The largest absolute Gasteiger partial charge is 0.298 e. The van der Waals surface area contributed by atoms with E-state index in [1.54, 1.807) is 18.2 Å². The fourth-order valence-corrected chi connectivity index (χ4v) is 6.60. The third-order valence-electron chi connectivity index (χ3n) is 6.07. The van der Waals surface area contributed by atoms with E-state index >= 15 is 0 Å². The van der Waals surface area contributed by atoms with E-state index < -0.39 is 10.0 Å². The summed E-state index contributed by atoms with van der Waals surface area (Å²) in [5, 5.41) is 6.21. The number of hydrogen-bond donors (Lipinski definition) is 2. The maximum Gasteiger partial charge on any atom is 0.261 e. The maximum atomic E-state index is 13.0. The number of nitrogens with one attached hydrogen (secondary N) is 2. The molecule has 35 heavy (non-hydrogen) atoms. The van der Waals surface area contributed by atoms with E-state index in [0.717, 1.165) is 28.4 Å². The smallest absolute Gasteiger partial charge is 0.261 e. The second kappa shape index (κ2) is 8.34. The lowest BCUT2D eigenvalue weighted by Crippen LogP contribution is -2.15. The molecule has 6 nitrogen and oxygen atoms in total. The molecule has 0 unspecified atom stereocenters. The van der Waals surface area contributed by atoms with Gasteiger partial charge in [-0.05, 0) is 77.9 Å². The van der Waals surface area contributed by atoms with Crippen LogP contribution in [0.5, 0.6) is 0 Å². The second-order valence-electron chi connectivity index (χ2n) is 8.34. The van der Waals surface area contributed by atoms with Crippen LogP contribution in [-0.4, -0.2) is 19.3 Å². The van der Waals surface area contributed by atoms with Crippen molar-refractivity contribution < 1.29 is 13.2 Å². The van der Waals surface area contributed by atoms with Crippen molar-refractivity contribution in [2.24, 2.45) is 0 Å². The summed E-state index contributed by atoms with van der Waals surface area (Å²) in [5.41, 5.74) is 4.15. The number of hydrogen-bond acceptors (Lipinski definition) is 5. The molecule has 1 aliphatic carbocycles. The molecular formula is C26H18ClN3O3S2. The molecule has 1 aromatic heterocycles. The Kier molecular flexibility index (Phi) is 5.25. The van der Waals surface area contributed by atoms with Gasteiger partial charge in [0.25, 0.3) is 15.9 Å². The molecule has 0 spiro atoms. The summed E-state index contributed by atoms with van der Waals surface area (Å²) in [5.74, 6) is -0.367. The highest BCUT2D eigenvalue weighted by atomic mass is 35.5. The third kappa shape index (κ3) is 4.03. The van der Waals surface area contributed by atoms with Gasteiger partial charge in [-0.3, -0.25) is 14.8 Å². The summed E-state index contributed by atoms with van der Waals surface area (Å²) in [6.45, 7) is 0. The van der Waals surface area contributed by atoms with Crippen LogP contribution in [0.1, 0.15) is 21.5 Å². The Hall–Kier alpha value is -3.46. The summed E-state index contributed by atoms with van der Waals surface area (Å²) in [6, 6.07) is 20.7. The van der Waals surface area contributed by atoms with Crippen LogP contribution < -0.4 is 10.0 Å². The molecule has 2 N–H and O–H groups in total. The Labute approximate surface area is 210 Å². The standard InChI is InChI=1S/C26H18ClN3O3S2/c27-18-9-11-20(12-10-18)35(32,33)30-19-5-1-4-17(13-19)25(31)29-26-28-24-21-6-2-3-15-7-8-16(23(15)21)14-22(24)34-26/h1-6,9-14,30H,7-8H2,(H,28,29,31). The number of thiazole rings is 1. The van der Waals surface area contributed by atoms with Gasteiger partial charge in [0.05, 0.1) is 15.1 Å². The molecule has 0 fully saturated rings. The number of anilines is 2. The molecule has 0 aliphatic heterocycles. The Balaban J connectivity index is 1.26. The summed E-state index contributed by atoms with van der Waals surface area (Å²) >= 11 is 7.29. The van der Waals surface area contributed by atoms with Crippen LogP contribution in [0.2, 0.25) is 5.02 Å². The molecule has 0 atom stereocenters. The van der Waals surface area contributed by atoms with Crippen molar-refractivity contribution in [3.63, 3.8) is 0 Å². The van der Waals surface area contributed by atoms with Gasteiger partial charge in [-0.25, -0.2) is 13.4 Å². The van der Waals surface area contributed by atoms with Crippen LogP contribution in [-0.2, 0) is 22.9 Å². The molecule has 4 aromatic carbocycles. The number of carbonyl (C=O) groups excluding carboxylic acids is 1. The van der Waals surface area contributed by atoms with E-state index in [9.17, 15) is 13.2 Å². The first kappa shape index (κ1) is 22.0. The van der Waals surface area contributed by atoms with Crippen LogP contribution >= 0.6 is 22.9 Å². The van der Waals surface area contributed by atoms with Crippen LogP contribution in [0.4, 0.5) is 10.8 Å². The van der Waals surface area contributed by atoms with E-state index in [-0.39, 0.29) is 16.5 Å². The second-order valence-corrected chi connectivity index (χ2v) is 11.5.